The molecule has 0 saturated carbocycles. The zero-order valence-corrected chi connectivity index (χ0v) is 11.9. The fourth-order valence-corrected chi connectivity index (χ4v) is 3.60. The average molecular weight is 299 g/mol. The van der Waals surface area contributed by atoms with Crippen LogP contribution in [-0.2, 0) is 0 Å². The van der Waals surface area contributed by atoms with Crippen LogP contribution in [0.5, 0.6) is 0 Å². The Hall–Kier alpha value is 0.400. The third kappa shape index (κ3) is 4.34. The monoisotopic (exact) mass is 297 g/mol. The highest BCUT2D eigenvalue weighted by atomic mass is 35.5. The number of hydrogen-bond donors (Lipinski definition) is 1. The van der Waals surface area contributed by atoms with Gasteiger partial charge >= 0.3 is 0 Å². The number of nitrogens with one attached hydrogen (secondary N) is 1. The quantitative estimate of drug-likeness (QED) is 0.875. The third-order valence-electron chi connectivity index (χ3n) is 2.42. The summed E-state index contributed by atoms with van der Waals surface area (Å²) >= 11 is 13.8. The minimum atomic E-state index is 0. The largest absolute Gasteiger partial charge is 0.317 e. The molecular weight excluding hydrogens is 285 g/mol. The Kier molecular flexibility index (Phi) is 6.30. The van der Waals surface area contributed by atoms with E-state index in [9.17, 15) is 0 Å². The van der Waals surface area contributed by atoms with E-state index in [2.05, 4.69) is 5.32 Å². The highest BCUT2D eigenvalue weighted by molar-refractivity contribution is 8.00. The van der Waals surface area contributed by atoms with Crippen LogP contribution in [0.15, 0.2) is 23.1 Å². The van der Waals surface area contributed by atoms with E-state index in [0.717, 1.165) is 23.1 Å². The Morgan fingerprint density at radius 1 is 1.06 bits per heavy atom. The van der Waals surface area contributed by atoms with Crippen LogP contribution in [-0.4, -0.2) is 18.3 Å². The first kappa shape index (κ1) is 14.5. The van der Waals surface area contributed by atoms with Gasteiger partial charge in [-0.05, 0) is 44.1 Å². The molecule has 0 unspecified atom stereocenters. The molecule has 0 radical (unpaired) electrons. The topological polar surface area (TPSA) is 12.0 Å². The molecule has 5 heteroatoms. The predicted octanol–water partition coefficient (Wildman–Crippen LogP) is 4.26. The molecule has 0 spiro atoms. The third-order valence-corrected chi connectivity index (χ3v) is 4.17. The van der Waals surface area contributed by atoms with Crippen molar-refractivity contribution in [2.75, 3.05) is 13.1 Å². The minimum absolute atomic E-state index is 0. The standard InChI is InChI=1S/C11H13Cl2NS.ClH/c12-8-5-9(13)7-11(6-8)15-10-1-3-14-4-2-10;/h5-7,10,14H,1-4H2;1H. The van der Waals surface area contributed by atoms with E-state index in [1.54, 1.807) is 6.07 Å². The van der Waals surface area contributed by atoms with Gasteiger partial charge in [0, 0.05) is 20.2 Å². The fourth-order valence-electron chi connectivity index (χ4n) is 1.70. The zero-order chi connectivity index (χ0) is 10.7. The van der Waals surface area contributed by atoms with Crippen molar-refractivity contribution in [3.8, 4) is 0 Å². The van der Waals surface area contributed by atoms with E-state index in [4.69, 9.17) is 23.2 Å². The van der Waals surface area contributed by atoms with Crippen molar-refractivity contribution in [1.82, 2.24) is 5.32 Å². The van der Waals surface area contributed by atoms with Crippen LogP contribution in [0.3, 0.4) is 0 Å². The van der Waals surface area contributed by atoms with Gasteiger partial charge in [0.05, 0.1) is 0 Å². The van der Waals surface area contributed by atoms with Crippen LogP contribution in [0.25, 0.3) is 0 Å². The molecule has 1 aromatic rings. The van der Waals surface area contributed by atoms with E-state index in [0.29, 0.717) is 5.25 Å². The van der Waals surface area contributed by atoms with Crippen molar-refractivity contribution in [3.63, 3.8) is 0 Å². The summed E-state index contributed by atoms with van der Waals surface area (Å²) in [5.74, 6) is 0. The van der Waals surface area contributed by atoms with E-state index in [1.165, 1.54) is 17.7 Å². The second kappa shape index (κ2) is 6.97. The van der Waals surface area contributed by atoms with Crippen molar-refractivity contribution >= 4 is 47.4 Å². The molecule has 1 aromatic carbocycles. The lowest BCUT2D eigenvalue weighted by atomic mass is 10.2. The SMILES string of the molecule is Cl.Clc1cc(Cl)cc(SC2CCNCC2)c1. The summed E-state index contributed by atoms with van der Waals surface area (Å²) in [6.45, 7) is 2.23. The molecule has 1 fully saturated rings. The van der Waals surface area contributed by atoms with Crippen LogP contribution in [0, 0.1) is 0 Å². The number of hydrogen-bond acceptors (Lipinski definition) is 2. The van der Waals surface area contributed by atoms with Gasteiger partial charge in [-0.2, -0.15) is 0 Å². The Morgan fingerprint density at radius 3 is 2.19 bits per heavy atom. The van der Waals surface area contributed by atoms with Crippen molar-refractivity contribution in [2.45, 2.75) is 23.0 Å². The molecule has 1 aliphatic heterocycles. The van der Waals surface area contributed by atoms with Gasteiger partial charge in [-0.3, -0.25) is 0 Å². The summed E-state index contributed by atoms with van der Waals surface area (Å²) < 4.78 is 0. The normalized spacial score (nSPS) is 16.9. The van der Waals surface area contributed by atoms with E-state index >= 15 is 0 Å². The molecule has 90 valence electrons. The van der Waals surface area contributed by atoms with Crippen molar-refractivity contribution in [3.05, 3.63) is 28.2 Å². The van der Waals surface area contributed by atoms with Gasteiger partial charge in [0.2, 0.25) is 0 Å². The lowest BCUT2D eigenvalue weighted by Crippen LogP contribution is -2.29. The van der Waals surface area contributed by atoms with Crippen molar-refractivity contribution in [2.24, 2.45) is 0 Å². The molecule has 0 atom stereocenters. The van der Waals surface area contributed by atoms with Gasteiger partial charge in [0.1, 0.15) is 0 Å². The van der Waals surface area contributed by atoms with E-state index < -0.39 is 0 Å². The van der Waals surface area contributed by atoms with Gasteiger partial charge < -0.3 is 5.32 Å². The molecule has 1 N–H and O–H groups in total. The maximum absolute atomic E-state index is 5.96. The Balaban J connectivity index is 0.00000128. The molecule has 1 heterocycles. The van der Waals surface area contributed by atoms with Gasteiger partial charge in [-0.15, -0.1) is 24.2 Å². The maximum Gasteiger partial charge on any atom is 0.0431 e. The lowest BCUT2D eigenvalue weighted by molar-refractivity contribution is 0.531. The lowest BCUT2D eigenvalue weighted by Gasteiger charge is -2.22. The Labute approximate surface area is 117 Å². The number of thioether (sulfide) groups is 1. The summed E-state index contributed by atoms with van der Waals surface area (Å²) in [6.07, 6.45) is 2.43. The minimum Gasteiger partial charge on any atom is -0.317 e. The number of rotatable bonds is 2. The maximum atomic E-state index is 5.96. The molecule has 0 amide bonds. The second-order valence-electron chi connectivity index (χ2n) is 3.67. The number of halogens is 3. The highest BCUT2D eigenvalue weighted by Crippen LogP contribution is 2.32. The highest BCUT2D eigenvalue weighted by Gasteiger charge is 2.14. The predicted molar refractivity (Wildman–Crippen MR) is 75.5 cm³/mol. The zero-order valence-electron chi connectivity index (χ0n) is 8.71. The molecule has 1 saturated heterocycles. The first-order chi connectivity index (χ1) is 7.24. The van der Waals surface area contributed by atoms with Crippen LogP contribution in [0.2, 0.25) is 10.0 Å². The summed E-state index contributed by atoms with van der Waals surface area (Å²) in [5.41, 5.74) is 0. The second-order valence-corrected chi connectivity index (χ2v) is 5.92. The van der Waals surface area contributed by atoms with Crippen molar-refractivity contribution < 1.29 is 0 Å². The van der Waals surface area contributed by atoms with Gasteiger partial charge in [0.15, 0.2) is 0 Å². The van der Waals surface area contributed by atoms with Gasteiger partial charge in [-0.25, -0.2) is 0 Å². The first-order valence-electron chi connectivity index (χ1n) is 5.07. The smallest absolute Gasteiger partial charge is 0.0431 e. The van der Waals surface area contributed by atoms with Crippen LogP contribution < -0.4 is 5.32 Å². The summed E-state index contributed by atoms with van der Waals surface area (Å²) in [4.78, 5) is 1.18. The summed E-state index contributed by atoms with van der Waals surface area (Å²) in [5, 5.41) is 5.50. The molecule has 1 nitrogen and oxygen atoms in total. The van der Waals surface area contributed by atoms with Crippen molar-refractivity contribution in [1.29, 1.82) is 0 Å². The molecule has 16 heavy (non-hydrogen) atoms. The van der Waals surface area contributed by atoms with E-state index in [-0.39, 0.29) is 12.4 Å². The Morgan fingerprint density at radius 2 is 1.62 bits per heavy atom. The molecule has 0 aromatic heterocycles. The molecule has 0 bridgehead atoms. The number of piperidine rings is 1. The average Bonchev–Trinajstić information content (AvgIpc) is 2.17. The van der Waals surface area contributed by atoms with E-state index in [1.807, 2.05) is 23.9 Å². The van der Waals surface area contributed by atoms with Gasteiger partial charge in [0.25, 0.3) is 0 Å². The summed E-state index contributed by atoms with van der Waals surface area (Å²) in [7, 11) is 0. The van der Waals surface area contributed by atoms with Crippen LogP contribution in [0.4, 0.5) is 0 Å². The molecule has 2 rings (SSSR count). The van der Waals surface area contributed by atoms with Gasteiger partial charge in [-0.1, -0.05) is 23.2 Å². The number of benzene rings is 1. The molecular formula is C11H14Cl3NS. The fraction of sp³-hybridized carbons (Fsp3) is 0.455. The Bertz CT molecular complexity index is 320. The molecule has 0 aliphatic carbocycles. The summed E-state index contributed by atoms with van der Waals surface area (Å²) in [6, 6.07) is 5.75. The van der Waals surface area contributed by atoms with Crippen LogP contribution >= 0.6 is 47.4 Å². The first-order valence-corrected chi connectivity index (χ1v) is 6.71. The van der Waals surface area contributed by atoms with Crippen LogP contribution in [0.1, 0.15) is 12.8 Å². The molecule has 1 aliphatic rings.